The maximum atomic E-state index is 12.6. The molecule has 0 bridgehead atoms. The molecule has 0 aliphatic heterocycles. The summed E-state index contributed by atoms with van der Waals surface area (Å²) in [6, 6.07) is 3.03. The number of alkyl halides is 3. The first-order valence-electron chi connectivity index (χ1n) is 6.06. The number of carboxylic acid groups (broad SMARTS) is 1. The van der Waals surface area contributed by atoms with Gasteiger partial charge in [0.2, 0.25) is 15.9 Å². The van der Waals surface area contributed by atoms with Crippen LogP contribution in [-0.2, 0) is 25.8 Å². The Bertz CT molecular complexity index is 703. The van der Waals surface area contributed by atoms with Gasteiger partial charge in [0.25, 0.3) is 0 Å². The highest BCUT2D eigenvalue weighted by atomic mass is 32.2. The molecule has 2 N–H and O–H groups in total. The zero-order chi connectivity index (χ0) is 17.8. The second-order valence-electron chi connectivity index (χ2n) is 4.49. The van der Waals surface area contributed by atoms with Crippen LogP contribution in [0.25, 0.3) is 0 Å². The van der Waals surface area contributed by atoms with Gasteiger partial charge in [0.05, 0.1) is 17.0 Å². The lowest BCUT2D eigenvalue weighted by Crippen LogP contribution is -2.40. The first kappa shape index (κ1) is 18.9. The molecule has 0 heterocycles. The van der Waals surface area contributed by atoms with Crippen molar-refractivity contribution in [2.75, 3.05) is 20.1 Å². The molecule has 0 spiro atoms. The van der Waals surface area contributed by atoms with Crippen LogP contribution >= 0.6 is 0 Å². The molecule has 0 saturated heterocycles. The van der Waals surface area contributed by atoms with Crippen molar-refractivity contribution >= 4 is 21.9 Å². The van der Waals surface area contributed by atoms with Crippen LogP contribution in [0.3, 0.4) is 0 Å². The number of benzene rings is 1. The average Bonchev–Trinajstić information content (AvgIpc) is 2.43. The van der Waals surface area contributed by atoms with E-state index in [1.165, 1.54) is 0 Å². The van der Waals surface area contributed by atoms with Crippen LogP contribution in [0.15, 0.2) is 29.2 Å². The largest absolute Gasteiger partial charge is 0.480 e. The van der Waals surface area contributed by atoms with Crippen LogP contribution in [0.2, 0.25) is 0 Å². The van der Waals surface area contributed by atoms with E-state index in [4.69, 9.17) is 5.11 Å². The summed E-state index contributed by atoms with van der Waals surface area (Å²) in [7, 11) is -3.20. The summed E-state index contributed by atoms with van der Waals surface area (Å²) in [5.41, 5.74) is -1.14. The third-order valence-electron chi connectivity index (χ3n) is 2.68. The van der Waals surface area contributed by atoms with Gasteiger partial charge in [0.1, 0.15) is 6.54 Å². The van der Waals surface area contributed by atoms with Crippen molar-refractivity contribution in [3.05, 3.63) is 29.8 Å². The normalized spacial score (nSPS) is 12.0. The van der Waals surface area contributed by atoms with E-state index in [-0.39, 0.29) is 0 Å². The molecule has 128 valence electrons. The van der Waals surface area contributed by atoms with Gasteiger partial charge in [-0.25, -0.2) is 13.1 Å². The van der Waals surface area contributed by atoms with E-state index in [0.29, 0.717) is 12.1 Å². The van der Waals surface area contributed by atoms with Crippen LogP contribution in [-0.4, -0.2) is 50.4 Å². The van der Waals surface area contributed by atoms with Gasteiger partial charge in [-0.05, 0) is 18.2 Å². The highest BCUT2D eigenvalue weighted by Crippen LogP contribution is 2.30. The predicted octanol–water partition coefficient (Wildman–Crippen LogP) is 0.527. The molecule has 0 unspecified atom stereocenters. The van der Waals surface area contributed by atoms with E-state index in [1.54, 1.807) is 0 Å². The van der Waals surface area contributed by atoms with Crippen molar-refractivity contribution in [3.8, 4) is 0 Å². The summed E-state index contributed by atoms with van der Waals surface area (Å²) in [5, 5.41) is 8.51. The van der Waals surface area contributed by atoms with Crippen molar-refractivity contribution in [3.63, 3.8) is 0 Å². The quantitative estimate of drug-likeness (QED) is 0.775. The highest BCUT2D eigenvalue weighted by molar-refractivity contribution is 7.89. The first-order valence-corrected chi connectivity index (χ1v) is 7.54. The molecule has 0 aliphatic rings. The Kier molecular flexibility index (Phi) is 5.72. The van der Waals surface area contributed by atoms with Crippen LogP contribution in [0, 0.1) is 0 Å². The fourth-order valence-corrected chi connectivity index (χ4v) is 2.53. The Hall–Kier alpha value is -2.14. The molecule has 0 atom stereocenters. The van der Waals surface area contributed by atoms with Gasteiger partial charge in [-0.15, -0.1) is 0 Å². The Morgan fingerprint density at radius 1 is 1.30 bits per heavy atom. The third-order valence-corrected chi connectivity index (χ3v) is 4.08. The number of nitrogens with zero attached hydrogens (tertiary/aromatic N) is 1. The lowest BCUT2D eigenvalue weighted by molar-refractivity contribution is -0.143. The summed E-state index contributed by atoms with van der Waals surface area (Å²) in [4.78, 5) is 22.1. The Labute approximate surface area is 129 Å². The smallest absolute Gasteiger partial charge is 0.416 e. The van der Waals surface area contributed by atoms with Gasteiger partial charge in [-0.2, -0.15) is 13.2 Å². The van der Waals surface area contributed by atoms with Crippen LogP contribution in [0.5, 0.6) is 0 Å². The average molecular weight is 354 g/mol. The van der Waals surface area contributed by atoms with Crippen molar-refractivity contribution in [2.45, 2.75) is 11.1 Å². The number of hydrogen-bond acceptors (Lipinski definition) is 4. The molecule has 0 saturated carbocycles. The molecule has 0 fully saturated rings. The summed E-state index contributed by atoms with van der Waals surface area (Å²) in [6.07, 6.45) is -4.71. The molecule has 7 nitrogen and oxygen atoms in total. The van der Waals surface area contributed by atoms with Crippen molar-refractivity contribution < 1.29 is 36.3 Å². The number of likely N-dealkylation sites (N-methyl/N-ethyl adjacent to an activating group) is 1. The third kappa shape index (κ3) is 5.53. The van der Waals surface area contributed by atoms with E-state index in [0.717, 1.165) is 24.1 Å². The fourth-order valence-electron chi connectivity index (χ4n) is 1.51. The SMILES string of the molecule is CN(CC(=O)O)C(=O)CNS(=O)(=O)c1cccc(C(F)(F)F)c1. The second-order valence-corrected chi connectivity index (χ2v) is 6.26. The van der Waals surface area contributed by atoms with Gasteiger partial charge < -0.3 is 10.0 Å². The van der Waals surface area contributed by atoms with Gasteiger partial charge in [0.15, 0.2) is 0 Å². The minimum atomic E-state index is -4.71. The topological polar surface area (TPSA) is 104 Å². The summed E-state index contributed by atoms with van der Waals surface area (Å²) < 4.78 is 63.3. The number of carbonyl (C=O) groups excluding carboxylic acids is 1. The number of aliphatic carboxylic acids is 1. The number of nitrogens with one attached hydrogen (secondary N) is 1. The van der Waals surface area contributed by atoms with Crippen LogP contribution in [0.4, 0.5) is 13.2 Å². The Morgan fingerprint density at radius 3 is 2.43 bits per heavy atom. The predicted molar refractivity (Wildman–Crippen MR) is 71.9 cm³/mol. The number of carboxylic acids is 1. The van der Waals surface area contributed by atoms with Gasteiger partial charge in [0, 0.05) is 7.05 Å². The van der Waals surface area contributed by atoms with E-state index >= 15 is 0 Å². The van der Waals surface area contributed by atoms with Crippen molar-refractivity contribution in [2.24, 2.45) is 0 Å². The second kappa shape index (κ2) is 6.96. The number of sulfonamides is 1. The minimum Gasteiger partial charge on any atom is -0.480 e. The van der Waals surface area contributed by atoms with Crippen LogP contribution in [0.1, 0.15) is 5.56 Å². The lowest BCUT2D eigenvalue weighted by Gasteiger charge is -2.15. The van der Waals surface area contributed by atoms with E-state index in [9.17, 15) is 31.2 Å². The molecule has 1 amide bonds. The molecule has 11 heteroatoms. The van der Waals surface area contributed by atoms with Crippen molar-refractivity contribution in [1.29, 1.82) is 0 Å². The summed E-state index contributed by atoms with van der Waals surface area (Å²) >= 11 is 0. The van der Waals surface area contributed by atoms with E-state index in [1.807, 2.05) is 4.72 Å². The zero-order valence-electron chi connectivity index (χ0n) is 11.8. The monoisotopic (exact) mass is 354 g/mol. The first-order chi connectivity index (χ1) is 10.4. The Balaban J connectivity index is 2.85. The van der Waals surface area contributed by atoms with E-state index < -0.39 is 51.6 Å². The zero-order valence-corrected chi connectivity index (χ0v) is 12.6. The number of halogens is 3. The molecular weight excluding hydrogens is 341 g/mol. The molecule has 0 aromatic heterocycles. The summed E-state index contributed by atoms with van der Waals surface area (Å²) in [5.74, 6) is -2.13. The van der Waals surface area contributed by atoms with Gasteiger partial charge >= 0.3 is 12.1 Å². The standard InChI is InChI=1S/C12H13F3N2O5S/c1-17(7-11(19)20)10(18)6-16-23(21,22)9-4-2-3-8(5-9)12(13,14)15/h2-5,16H,6-7H2,1H3,(H,19,20). The fraction of sp³-hybridized carbons (Fsp3) is 0.333. The number of carbonyl (C=O) groups is 2. The van der Waals surface area contributed by atoms with Crippen LogP contribution < -0.4 is 4.72 Å². The molecule has 1 aromatic rings. The molecule has 0 radical (unpaired) electrons. The number of hydrogen-bond donors (Lipinski definition) is 2. The lowest BCUT2D eigenvalue weighted by atomic mass is 10.2. The Morgan fingerprint density at radius 2 is 1.91 bits per heavy atom. The minimum absolute atomic E-state index is 0.438. The molecular formula is C12H13F3N2O5S. The van der Waals surface area contributed by atoms with Gasteiger partial charge in [-0.3, -0.25) is 9.59 Å². The van der Waals surface area contributed by atoms with Gasteiger partial charge in [-0.1, -0.05) is 6.07 Å². The maximum absolute atomic E-state index is 12.6. The van der Waals surface area contributed by atoms with E-state index in [2.05, 4.69) is 0 Å². The number of rotatable bonds is 6. The maximum Gasteiger partial charge on any atom is 0.416 e. The molecule has 23 heavy (non-hydrogen) atoms. The van der Waals surface area contributed by atoms with Crippen molar-refractivity contribution in [1.82, 2.24) is 9.62 Å². The highest BCUT2D eigenvalue weighted by Gasteiger charge is 2.31. The molecule has 1 rings (SSSR count). The number of amides is 1. The molecule has 1 aromatic carbocycles. The summed E-state index contributed by atoms with van der Waals surface area (Å²) in [6.45, 7) is -1.41. The molecule has 0 aliphatic carbocycles.